The lowest BCUT2D eigenvalue weighted by Crippen LogP contribution is -2.43. The van der Waals surface area contributed by atoms with Crippen LogP contribution in [0.1, 0.15) is 174 Å². The molecular formula is C36H68O2P+. The summed E-state index contributed by atoms with van der Waals surface area (Å²) in [7, 11) is -0.863. The predicted molar refractivity (Wildman–Crippen MR) is 172 cm³/mol. The average Bonchev–Trinajstić information content (AvgIpc) is 2.99. The highest BCUT2D eigenvalue weighted by Gasteiger charge is 2.56. The van der Waals surface area contributed by atoms with Crippen molar-refractivity contribution in [3.63, 3.8) is 0 Å². The van der Waals surface area contributed by atoms with Crippen molar-refractivity contribution in [1.82, 2.24) is 0 Å². The van der Waals surface area contributed by atoms with Gasteiger partial charge in [-0.2, -0.15) is 0 Å². The molecule has 0 radical (unpaired) electrons. The van der Waals surface area contributed by atoms with Crippen LogP contribution in [0.15, 0.2) is 0 Å². The minimum absolute atomic E-state index is 0.214. The smallest absolute Gasteiger partial charge is 0.0703 e. The van der Waals surface area contributed by atoms with E-state index in [1.54, 1.807) is 89.6 Å². The molecule has 4 rings (SSSR count). The second-order valence-corrected chi connectivity index (χ2v) is 19.6. The first-order valence-corrected chi connectivity index (χ1v) is 20.5. The van der Waals surface area contributed by atoms with Crippen molar-refractivity contribution < 1.29 is 10.2 Å². The Bertz CT molecular complexity index is 603. The fourth-order valence-corrected chi connectivity index (χ4v) is 17.7. The van der Waals surface area contributed by atoms with Gasteiger partial charge in [-0.3, -0.25) is 0 Å². The first-order chi connectivity index (χ1) is 19.0. The molecule has 0 bridgehead atoms. The third kappa shape index (κ3) is 8.69. The molecule has 0 aromatic carbocycles. The Morgan fingerprint density at radius 1 is 0.513 bits per heavy atom. The first kappa shape index (κ1) is 32.3. The molecule has 4 aliphatic carbocycles. The van der Waals surface area contributed by atoms with E-state index >= 15 is 0 Å². The third-order valence-corrected chi connectivity index (χ3v) is 19.4. The van der Waals surface area contributed by atoms with E-state index < -0.39 is 7.26 Å². The lowest BCUT2D eigenvalue weighted by Gasteiger charge is -2.49. The molecule has 4 fully saturated rings. The van der Waals surface area contributed by atoms with Crippen molar-refractivity contribution in [1.29, 1.82) is 0 Å². The van der Waals surface area contributed by atoms with Gasteiger partial charge in [-0.05, 0) is 120 Å². The lowest BCUT2D eigenvalue weighted by atomic mass is 9.70. The summed E-state index contributed by atoms with van der Waals surface area (Å²) in [4.78, 5) is 0. The predicted octanol–water partition coefficient (Wildman–Crippen LogP) is 10.5. The molecule has 0 aromatic heterocycles. The Labute approximate surface area is 244 Å². The van der Waals surface area contributed by atoms with Crippen LogP contribution in [0.3, 0.4) is 0 Å². The highest BCUT2D eigenvalue weighted by molar-refractivity contribution is 7.77. The van der Waals surface area contributed by atoms with Crippen molar-refractivity contribution in [3.05, 3.63) is 0 Å². The molecular weight excluding hydrogens is 495 g/mol. The summed E-state index contributed by atoms with van der Waals surface area (Å²) < 4.78 is 0. The zero-order valence-electron chi connectivity index (χ0n) is 26.3. The van der Waals surface area contributed by atoms with Crippen molar-refractivity contribution in [2.24, 2.45) is 17.8 Å². The molecule has 2 nitrogen and oxygen atoms in total. The molecule has 3 heteroatoms. The van der Waals surface area contributed by atoms with Gasteiger partial charge in [0.2, 0.25) is 0 Å². The average molecular weight is 564 g/mol. The standard InChI is InChI=1S/C36H68O2P/c1-29-30(2)36(38)31(28-35(29)37)20-12-7-5-3-4-6-8-19-27-39(32-21-13-9-14-22-32,33-23-15-10-16-24-33)34-25-17-11-18-26-34/h29-38H,3-28H2,1-2H3/q+1. The van der Waals surface area contributed by atoms with Crippen LogP contribution in [-0.4, -0.2) is 45.6 Å². The number of aliphatic hydroxyl groups excluding tert-OH is 2. The summed E-state index contributed by atoms with van der Waals surface area (Å²) in [6.45, 7) is 4.22. The number of rotatable bonds is 14. The molecule has 0 aromatic rings. The summed E-state index contributed by atoms with van der Waals surface area (Å²) in [5.41, 5.74) is 3.48. The highest BCUT2D eigenvalue weighted by atomic mass is 31.2. The zero-order valence-corrected chi connectivity index (χ0v) is 27.2. The topological polar surface area (TPSA) is 40.5 Å². The van der Waals surface area contributed by atoms with Crippen LogP contribution in [-0.2, 0) is 0 Å². The Morgan fingerprint density at radius 3 is 1.38 bits per heavy atom. The molecule has 4 aliphatic rings. The largest absolute Gasteiger partial charge is 0.393 e. The normalized spacial score (nSPS) is 32.5. The maximum absolute atomic E-state index is 10.6. The quantitative estimate of drug-likeness (QED) is 0.163. The molecule has 39 heavy (non-hydrogen) atoms. The molecule has 2 N–H and O–H groups in total. The van der Waals surface area contributed by atoms with Gasteiger partial charge in [0.05, 0.1) is 35.3 Å². The van der Waals surface area contributed by atoms with Crippen LogP contribution in [0, 0.1) is 17.8 Å². The fraction of sp³-hybridized carbons (Fsp3) is 1.00. The van der Waals surface area contributed by atoms with Gasteiger partial charge in [0.1, 0.15) is 0 Å². The Morgan fingerprint density at radius 2 is 0.923 bits per heavy atom. The second kappa shape index (κ2) is 16.8. The Hall–Kier alpha value is 0.350. The van der Waals surface area contributed by atoms with E-state index in [9.17, 15) is 10.2 Å². The second-order valence-electron chi connectivity index (χ2n) is 15.0. The van der Waals surface area contributed by atoms with E-state index in [0.29, 0.717) is 5.92 Å². The molecule has 0 aliphatic heterocycles. The van der Waals surface area contributed by atoms with E-state index in [1.807, 2.05) is 0 Å². The molecule has 5 atom stereocenters. The van der Waals surface area contributed by atoms with Gasteiger partial charge >= 0.3 is 0 Å². The minimum Gasteiger partial charge on any atom is -0.393 e. The van der Waals surface area contributed by atoms with Crippen LogP contribution in [0.25, 0.3) is 0 Å². The summed E-state index contributed by atoms with van der Waals surface area (Å²) in [5, 5.41) is 21.0. The van der Waals surface area contributed by atoms with Gasteiger partial charge in [-0.1, -0.05) is 71.6 Å². The van der Waals surface area contributed by atoms with E-state index in [2.05, 4.69) is 13.8 Å². The molecule has 0 saturated heterocycles. The van der Waals surface area contributed by atoms with Crippen molar-refractivity contribution in [2.45, 2.75) is 204 Å². The van der Waals surface area contributed by atoms with Crippen LogP contribution in [0.4, 0.5) is 0 Å². The molecule has 0 amide bonds. The van der Waals surface area contributed by atoms with Crippen molar-refractivity contribution in [2.75, 3.05) is 6.16 Å². The van der Waals surface area contributed by atoms with Gasteiger partial charge in [0, 0.05) is 7.26 Å². The van der Waals surface area contributed by atoms with Gasteiger partial charge in [0.15, 0.2) is 0 Å². The Balaban J connectivity index is 1.18. The van der Waals surface area contributed by atoms with Gasteiger partial charge in [-0.15, -0.1) is 0 Å². The summed E-state index contributed by atoms with van der Waals surface area (Å²) >= 11 is 0. The van der Waals surface area contributed by atoms with E-state index in [1.165, 1.54) is 64.2 Å². The Kier molecular flexibility index (Phi) is 13.9. The van der Waals surface area contributed by atoms with Crippen LogP contribution >= 0.6 is 7.26 Å². The maximum atomic E-state index is 10.6. The number of hydrogen-bond donors (Lipinski definition) is 2. The van der Waals surface area contributed by atoms with Crippen LogP contribution < -0.4 is 0 Å². The van der Waals surface area contributed by atoms with E-state index in [0.717, 1.165) is 29.8 Å². The van der Waals surface area contributed by atoms with E-state index in [4.69, 9.17) is 0 Å². The van der Waals surface area contributed by atoms with Crippen LogP contribution in [0.2, 0.25) is 0 Å². The number of aliphatic hydroxyl groups is 2. The molecule has 4 saturated carbocycles. The van der Waals surface area contributed by atoms with Crippen LogP contribution in [0.5, 0.6) is 0 Å². The monoisotopic (exact) mass is 563 g/mol. The van der Waals surface area contributed by atoms with Gasteiger partial charge < -0.3 is 10.2 Å². The highest BCUT2D eigenvalue weighted by Crippen LogP contribution is 2.77. The third-order valence-electron chi connectivity index (χ3n) is 12.6. The van der Waals surface area contributed by atoms with Crippen molar-refractivity contribution >= 4 is 7.26 Å². The molecule has 228 valence electrons. The van der Waals surface area contributed by atoms with Crippen molar-refractivity contribution in [3.8, 4) is 0 Å². The fourth-order valence-electron chi connectivity index (χ4n) is 10.0. The first-order valence-electron chi connectivity index (χ1n) is 18.3. The molecule has 5 unspecified atom stereocenters. The molecule has 0 heterocycles. The number of unbranched alkanes of at least 4 members (excludes halogenated alkanes) is 7. The molecule has 0 spiro atoms. The summed E-state index contributed by atoms with van der Waals surface area (Å²) in [6, 6.07) is 0. The maximum Gasteiger partial charge on any atom is 0.0703 e. The van der Waals surface area contributed by atoms with Gasteiger partial charge in [0.25, 0.3) is 0 Å². The number of hydrogen-bond acceptors (Lipinski definition) is 2. The van der Waals surface area contributed by atoms with E-state index in [-0.39, 0.29) is 24.0 Å². The SMILES string of the molecule is CC1C(O)CC(CCCCCCCCCC[P+](C2CCCCC2)(C2CCCCC2)C2CCCCC2)C(O)C1C. The van der Waals surface area contributed by atoms with Gasteiger partial charge in [-0.25, -0.2) is 0 Å². The lowest BCUT2D eigenvalue weighted by molar-refractivity contribution is -0.0695. The zero-order chi connectivity index (χ0) is 27.5. The summed E-state index contributed by atoms with van der Waals surface area (Å²) in [6.07, 6.45) is 37.9. The minimum atomic E-state index is -0.863. The summed E-state index contributed by atoms with van der Waals surface area (Å²) in [5.74, 6) is 0.776.